The molecule has 8 heteroatoms. The third-order valence-electron chi connectivity index (χ3n) is 6.96. The van der Waals surface area contributed by atoms with Gasteiger partial charge in [0, 0.05) is 22.5 Å². The van der Waals surface area contributed by atoms with E-state index in [0.29, 0.717) is 25.8 Å². The van der Waals surface area contributed by atoms with Crippen molar-refractivity contribution in [3.63, 3.8) is 0 Å². The summed E-state index contributed by atoms with van der Waals surface area (Å²) in [6, 6.07) is 23.3. The second kappa shape index (κ2) is 14.1. The molecular weight excluding hydrogens is 607 g/mol. The van der Waals surface area contributed by atoms with Crippen LogP contribution < -0.4 is 10.6 Å². The number of benzene rings is 3. The van der Waals surface area contributed by atoms with Gasteiger partial charge < -0.3 is 20.5 Å². The molecule has 0 saturated heterocycles. The molecule has 39 heavy (non-hydrogen) atoms. The lowest BCUT2D eigenvalue weighted by Crippen LogP contribution is -2.41. The van der Waals surface area contributed by atoms with Gasteiger partial charge >= 0.3 is 12.1 Å². The van der Waals surface area contributed by atoms with Crippen LogP contribution in [0.2, 0.25) is 0 Å². The Kier molecular flexibility index (Phi) is 10.4. The summed E-state index contributed by atoms with van der Waals surface area (Å²) in [7, 11) is 0. The Labute approximate surface area is 242 Å². The van der Waals surface area contributed by atoms with Gasteiger partial charge in [-0.05, 0) is 94.6 Å². The van der Waals surface area contributed by atoms with Crippen molar-refractivity contribution in [3.8, 4) is 11.1 Å². The van der Waals surface area contributed by atoms with Crippen LogP contribution in [-0.4, -0.2) is 42.3 Å². The molecule has 0 spiro atoms. The second-order valence-corrected chi connectivity index (χ2v) is 10.9. The number of halogens is 1. The van der Waals surface area contributed by atoms with E-state index in [0.717, 1.165) is 35.1 Å². The molecule has 1 aliphatic carbocycles. The maximum Gasteiger partial charge on any atom is 0.407 e. The van der Waals surface area contributed by atoms with E-state index in [4.69, 9.17) is 4.74 Å². The number of fused-ring (bicyclic) bond motifs is 3. The number of nitrogens with one attached hydrogen (secondary N) is 2. The van der Waals surface area contributed by atoms with Crippen LogP contribution in [0.5, 0.6) is 0 Å². The van der Waals surface area contributed by atoms with E-state index in [9.17, 15) is 19.5 Å². The highest BCUT2D eigenvalue weighted by Crippen LogP contribution is 2.44. The molecule has 3 aromatic carbocycles. The fourth-order valence-corrected chi connectivity index (χ4v) is 5.29. The van der Waals surface area contributed by atoms with Gasteiger partial charge in [-0.25, -0.2) is 9.59 Å². The third kappa shape index (κ3) is 8.05. The molecule has 0 heterocycles. The predicted octanol–water partition coefficient (Wildman–Crippen LogP) is 5.89. The maximum absolute atomic E-state index is 12.5. The van der Waals surface area contributed by atoms with Crippen molar-refractivity contribution in [2.45, 2.75) is 50.5 Å². The van der Waals surface area contributed by atoms with Crippen molar-refractivity contribution in [1.82, 2.24) is 10.6 Å². The standard InChI is InChI=1S/C31H33IN2O5/c32-22-17-15-21(16-18-22)8-7-14-29(35)33-19-6-5-13-28(30(36)37)34-31(38)39-20-27-25-11-3-1-9-23(25)24-10-2-4-12-26(24)27/h1-4,9-12,15-18,27-28H,5-8,13-14,19-20H2,(H,33,35)(H,34,38)(H,36,37)/t28-/m1/s1. The Morgan fingerprint density at radius 3 is 2.15 bits per heavy atom. The summed E-state index contributed by atoms with van der Waals surface area (Å²) in [4.78, 5) is 36.3. The highest BCUT2D eigenvalue weighted by molar-refractivity contribution is 14.1. The van der Waals surface area contributed by atoms with Gasteiger partial charge in [0.05, 0.1) is 0 Å². The van der Waals surface area contributed by atoms with Gasteiger partial charge in [-0.2, -0.15) is 0 Å². The zero-order valence-electron chi connectivity index (χ0n) is 21.7. The lowest BCUT2D eigenvalue weighted by molar-refractivity contribution is -0.139. The number of carboxylic acids is 1. The van der Waals surface area contributed by atoms with Crippen LogP contribution in [0, 0.1) is 3.57 Å². The van der Waals surface area contributed by atoms with Crippen LogP contribution in [0.15, 0.2) is 72.8 Å². The number of unbranched alkanes of at least 4 members (excludes halogenated alkanes) is 1. The number of ether oxygens (including phenoxy) is 1. The Hall–Kier alpha value is -3.40. The van der Waals surface area contributed by atoms with Gasteiger partial charge in [0.25, 0.3) is 0 Å². The number of carbonyl (C=O) groups excluding carboxylic acids is 2. The molecule has 0 bridgehead atoms. The first-order chi connectivity index (χ1) is 18.9. The summed E-state index contributed by atoms with van der Waals surface area (Å²) in [6.07, 6.45) is 2.76. The molecule has 0 saturated carbocycles. The first kappa shape index (κ1) is 28.6. The van der Waals surface area contributed by atoms with E-state index in [1.807, 2.05) is 36.4 Å². The summed E-state index contributed by atoms with van der Waals surface area (Å²) in [6.45, 7) is 0.599. The van der Waals surface area contributed by atoms with Crippen LogP contribution >= 0.6 is 22.6 Å². The van der Waals surface area contributed by atoms with E-state index in [1.54, 1.807) is 0 Å². The quantitative estimate of drug-likeness (QED) is 0.160. The molecule has 0 aromatic heterocycles. The number of amides is 2. The Morgan fingerprint density at radius 2 is 1.51 bits per heavy atom. The average molecular weight is 641 g/mol. The molecule has 1 aliphatic rings. The van der Waals surface area contributed by atoms with Crippen molar-refractivity contribution < 1.29 is 24.2 Å². The number of alkyl carbamates (subject to hydrolysis) is 1. The molecule has 3 aromatic rings. The molecule has 0 radical (unpaired) electrons. The van der Waals surface area contributed by atoms with Gasteiger partial charge in [0.1, 0.15) is 12.6 Å². The second-order valence-electron chi connectivity index (χ2n) is 9.69. The molecule has 0 unspecified atom stereocenters. The normalized spacial score (nSPS) is 12.7. The van der Waals surface area contributed by atoms with Crippen LogP contribution in [0.1, 0.15) is 54.7 Å². The number of carboxylic acid groups (broad SMARTS) is 1. The number of carbonyl (C=O) groups is 3. The Bertz CT molecular complexity index is 1250. The van der Waals surface area contributed by atoms with E-state index in [2.05, 4.69) is 69.6 Å². The van der Waals surface area contributed by atoms with Gasteiger partial charge in [-0.15, -0.1) is 0 Å². The molecule has 0 aliphatic heterocycles. The molecule has 1 atom stereocenters. The van der Waals surface area contributed by atoms with Gasteiger partial charge in [-0.1, -0.05) is 60.7 Å². The maximum atomic E-state index is 12.5. The fourth-order valence-electron chi connectivity index (χ4n) is 4.93. The number of rotatable bonds is 13. The van der Waals surface area contributed by atoms with Crippen molar-refractivity contribution in [2.75, 3.05) is 13.2 Å². The minimum absolute atomic E-state index is 0.00735. The van der Waals surface area contributed by atoms with Gasteiger partial charge in [-0.3, -0.25) is 4.79 Å². The first-order valence-corrected chi connectivity index (χ1v) is 14.4. The predicted molar refractivity (Wildman–Crippen MR) is 159 cm³/mol. The van der Waals surface area contributed by atoms with Crippen LogP contribution in [-0.2, 0) is 20.7 Å². The number of hydrogen-bond acceptors (Lipinski definition) is 4. The Balaban J connectivity index is 1.14. The largest absolute Gasteiger partial charge is 0.480 e. The number of aliphatic carboxylic acids is 1. The van der Waals surface area contributed by atoms with Crippen molar-refractivity contribution in [3.05, 3.63) is 93.1 Å². The molecule has 4 rings (SSSR count). The molecule has 7 nitrogen and oxygen atoms in total. The van der Waals surface area contributed by atoms with E-state index < -0.39 is 18.1 Å². The van der Waals surface area contributed by atoms with Crippen LogP contribution in [0.4, 0.5) is 4.79 Å². The minimum atomic E-state index is -1.11. The zero-order valence-corrected chi connectivity index (χ0v) is 23.9. The Morgan fingerprint density at radius 1 is 0.872 bits per heavy atom. The topological polar surface area (TPSA) is 105 Å². The summed E-state index contributed by atoms with van der Waals surface area (Å²) in [5.41, 5.74) is 5.66. The minimum Gasteiger partial charge on any atom is -0.480 e. The smallest absolute Gasteiger partial charge is 0.407 e. The van der Waals surface area contributed by atoms with Gasteiger partial charge in [0.15, 0.2) is 0 Å². The van der Waals surface area contributed by atoms with E-state index in [1.165, 1.54) is 9.13 Å². The van der Waals surface area contributed by atoms with Crippen LogP contribution in [0.3, 0.4) is 0 Å². The van der Waals surface area contributed by atoms with Crippen molar-refractivity contribution >= 4 is 40.6 Å². The highest BCUT2D eigenvalue weighted by Gasteiger charge is 2.29. The third-order valence-corrected chi connectivity index (χ3v) is 7.68. The monoisotopic (exact) mass is 640 g/mol. The molecule has 2 amide bonds. The summed E-state index contributed by atoms with van der Waals surface area (Å²) in [5.74, 6) is -1.21. The zero-order chi connectivity index (χ0) is 27.6. The first-order valence-electron chi connectivity index (χ1n) is 13.3. The van der Waals surface area contributed by atoms with Crippen molar-refractivity contribution in [2.24, 2.45) is 0 Å². The summed E-state index contributed by atoms with van der Waals surface area (Å²) in [5, 5.41) is 14.9. The SMILES string of the molecule is O=C(CCCc1ccc(I)cc1)NCCCC[C@@H](NC(=O)OCC1c2ccccc2-c2ccccc21)C(=O)O. The lowest BCUT2D eigenvalue weighted by atomic mass is 9.98. The number of aryl methyl sites for hydroxylation is 1. The summed E-state index contributed by atoms with van der Waals surface area (Å²) < 4.78 is 6.67. The lowest BCUT2D eigenvalue weighted by Gasteiger charge is -2.17. The fraction of sp³-hybridized carbons (Fsp3) is 0.323. The molecule has 3 N–H and O–H groups in total. The van der Waals surface area contributed by atoms with Crippen LogP contribution in [0.25, 0.3) is 11.1 Å². The van der Waals surface area contributed by atoms with E-state index in [-0.39, 0.29) is 24.9 Å². The van der Waals surface area contributed by atoms with Gasteiger partial charge in [0.2, 0.25) is 5.91 Å². The molecular formula is C31H33IN2O5. The summed E-state index contributed by atoms with van der Waals surface area (Å²) >= 11 is 2.27. The molecule has 204 valence electrons. The molecule has 0 fully saturated rings. The van der Waals surface area contributed by atoms with Crippen molar-refractivity contribution in [1.29, 1.82) is 0 Å². The highest BCUT2D eigenvalue weighted by atomic mass is 127. The number of hydrogen-bond donors (Lipinski definition) is 3. The average Bonchev–Trinajstić information content (AvgIpc) is 3.25. The van der Waals surface area contributed by atoms with E-state index >= 15 is 0 Å².